The molecule has 120 valence electrons. The van der Waals surface area contributed by atoms with E-state index in [4.69, 9.17) is 4.52 Å². The molecular weight excluding hydrogens is 326 g/mol. The molecule has 7 nitrogen and oxygen atoms in total. The molecule has 0 radical (unpaired) electrons. The molecule has 1 N–H and O–H groups in total. The lowest BCUT2D eigenvalue weighted by Gasteiger charge is -2.14. The van der Waals surface area contributed by atoms with E-state index in [1.54, 1.807) is 6.92 Å². The van der Waals surface area contributed by atoms with Gasteiger partial charge in [-0.15, -0.1) is 11.3 Å². The first-order valence-corrected chi connectivity index (χ1v) is 8.97. The molecule has 0 atom stereocenters. The predicted molar refractivity (Wildman–Crippen MR) is 82.7 cm³/mol. The highest BCUT2D eigenvalue weighted by Gasteiger charge is 2.26. The molecule has 0 aromatic carbocycles. The highest BCUT2D eigenvalue weighted by Crippen LogP contribution is 2.30. The number of nitrogens with one attached hydrogen (secondary N) is 1. The molecule has 0 bridgehead atoms. The largest absolute Gasteiger partial charge is 0.360 e. The van der Waals surface area contributed by atoms with Crippen LogP contribution in [0.15, 0.2) is 21.1 Å². The van der Waals surface area contributed by atoms with Crippen LogP contribution in [0.3, 0.4) is 0 Å². The Balaban J connectivity index is 2.10. The van der Waals surface area contributed by atoms with Gasteiger partial charge in [0, 0.05) is 17.1 Å². The molecule has 9 heteroatoms. The molecule has 22 heavy (non-hydrogen) atoms. The SMILES string of the molecule is Cc1cc(NC(=O)CS(=O)(=O)c2ncc(C(C)(C)C)s2)no1. The molecule has 2 aromatic heterocycles. The zero-order chi connectivity index (χ0) is 16.5. The summed E-state index contributed by atoms with van der Waals surface area (Å²) in [5.74, 6) is -0.656. The Morgan fingerprint density at radius 1 is 1.41 bits per heavy atom. The quantitative estimate of drug-likeness (QED) is 0.912. The lowest BCUT2D eigenvalue weighted by atomic mass is 9.96. The standard InChI is InChI=1S/C13H17N3O4S2/c1-8-5-10(16-20-8)15-11(17)7-22(18,19)12-14-6-9(21-12)13(2,3)4/h5-6H,7H2,1-4H3,(H,15,16,17). The van der Waals surface area contributed by atoms with E-state index < -0.39 is 21.5 Å². The molecule has 0 aliphatic carbocycles. The van der Waals surface area contributed by atoms with Crippen LogP contribution in [0.4, 0.5) is 5.82 Å². The smallest absolute Gasteiger partial charge is 0.241 e. The zero-order valence-electron chi connectivity index (χ0n) is 12.7. The van der Waals surface area contributed by atoms with Crippen molar-refractivity contribution in [1.29, 1.82) is 0 Å². The van der Waals surface area contributed by atoms with Crippen molar-refractivity contribution in [3.63, 3.8) is 0 Å². The van der Waals surface area contributed by atoms with E-state index in [0.29, 0.717) is 5.76 Å². The number of thiazole rings is 1. The summed E-state index contributed by atoms with van der Waals surface area (Å²) in [5.41, 5.74) is -0.189. The Morgan fingerprint density at radius 2 is 2.09 bits per heavy atom. The summed E-state index contributed by atoms with van der Waals surface area (Å²) in [6.07, 6.45) is 1.54. The average molecular weight is 343 g/mol. The minimum absolute atomic E-state index is 0.0519. The van der Waals surface area contributed by atoms with E-state index in [1.165, 1.54) is 12.3 Å². The summed E-state index contributed by atoms with van der Waals surface area (Å²) in [4.78, 5) is 16.6. The van der Waals surface area contributed by atoms with Gasteiger partial charge in [0.1, 0.15) is 11.5 Å². The van der Waals surface area contributed by atoms with Crippen LogP contribution in [0.1, 0.15) is 31.4 Å². The second kappa shape index (κ2) is 5.81. The Hall–Kier alpha value is -1.74. The van der Waals surface area contributed by atoms with Crippen molar-refractivity contribution < 1.29 is 17.7 Å². The van der Waals surface area contributed by atoms with Gasteiger partial charge in [-0.2, -0.15) is 0 Å². The highest BCUT2D eigenvalue weighted by molar-refractivity contribution is 7.94. The molecule has 2 heterocycles. The van der Waals surface area contributed by atoms with Gasteiger partial charge in [0.25, 0.3) is 0 Å². The topological polar surface area (TPSA) is 102 Å². The molecule has 0 fully saturated rings. The second-order valence-corrected chi connectivity index (χ2v) is 9.06. The number of hydrogen-bond donors (Lipinski definition) is 1. The summed E-state index contributed by atoms with van der Waals surface area (Å²) >= 11 is 1.09. The van der Waals surface area contributed by atoms with Gasteiger partial charge in [-0.05, 0) is 12.3 Å². The van der Waals surface area contributed by atoms with E-state index in [1.807, 2.05) is 20.8 Å². The Labute approximate surface area is 132 Å². The maximum absolute atomic E-state index is 12.2. The first-order chi connectivity index (χ1) is 10.1. The van der Waals surface area contributed by atoms with Gasteiger partial charge in [-0.3, -0.25) is 4.79 Å². The molecule has 0 saturated heterocycles. The Bertz CT molecular complexity index is 784. The monoisotopic (exact) mass is 343 g/mol. The Morgan fingerprint density at radius 3 is 2.59 bits per heavy atom. The summed E-state index contributed by atoms with van der Waals surface area (Å²) in [6, 6.07) is 1.51. The van der Waals surface area contributed by atoms with Crippen LogP contribution < -0.4 is 5.32 Å². The highest BCUT2D eigenvalue weighted by atomic mass is 32.2. The molecule has 0 spiro atoms. The van der Waals surface area contributed by atoms with Crippen LogP contribution in [0.25, 0.3) is 0 Å². The van der Waals surface area contributed by atoms with Gasteiger partial charge in [-0.1, -0.05) is 25.9 Å². The van der Waals surface area contributed by atoms with Crippen molar-refractivity contribution in [3.8, 4) is 0 Å². The molecule has 1 amide bonds. The number of hydrogen-bond acceptors (Lipinski definition) is 7. The fraction of sp³-hybridized carbons (Fsp3) is 0.462. The number of aryl methyl sites for hydroxylation is 1. The van der Waals surface area contributed by atoms with Crippen LogP contribution >= 0.6 is 11.3 Å². The van der Waals surface area contributed by atoms with Gasteiger partial charge < -0.3 is 9.84 Å². The summed E-state index contributed by atoms with van der Waals surface area (Å²) in [7, 11) is -3.78. The maximum atomic E-state index is 12.2. The van der Waals surface area contributed by atoms with E-state index >= 15 is 0 Å². The fourth-order valence-corrected chi connectivity index (χ4v) is 4.00. The van der Waals surface area contributed by atoms with Crippen molar-refractivity contribution in [3.05, 3.63) is 22.9 Å². The van der Waals surface area contributed by atoms with E-state index in [9.17, 15) is 13.2 Å². The third kappa shape index (κ3) is 3.92. The Kier molecular flexibility index (Phi) is 4.39. The molecule has 0 unspecified atom stereocenters. The lowest BCUT2D eigenvalue weighted by molar-refractivity contribution is -0.113. The summed E-state index contributed by atoms with van der Waals surface area (Å²) < 4.78 is 29.2. The summed E-state index contributed by atoms with van der Waals surface area (Å²) in [5, 5.41) is 5.96. The first-order valence-electron chi connectivity index (χ1n) is 6.50. The van der Waals surface area contributed by atoms with Crippen LogP contribution in [0.5, 0.6) is 0 Å². The number of carbonyl (C=O) groups is 1. The minimum atomic E-state index is -3.78. The lowest BCUT2D eigenvalue weighted by Crippen LogP contribution is -2.23. The van der Waals surface area contributed by atoms with Crippen molar-refractivity contribution in [2.75, 3.05) is 11.1 Å². The van der Waals surface area contributed by atoms with Gasteiger partial charge in [0.15, 0.2) is 5.82 Å². The molecular formula is C13H17N3O4S2. The number of aromatic nitrogens is 2. The van der Waals surface area contributed by atoms with E-state index in [-0.39, 0.29) is 15.6 Å². The van der Waals surface area contributed by atoms with Crippen molar-refractivity contribution in [2.45, 2.75) is 37.4 Å². The number of nitrogens with zero attached hydrogens (tertiary/aromatic N) is 2. The molecule has 0 saturated carbocycles. The average Bonchev–Trinajstić information content (AvgIpc) is 2.96. The maximum Gasteiger partial charge on any atom is 0.241 e. The second-order valence-electron chi connectivity index (χ2n) is 5.87. The minimum Gasteiger partial charge on any atom is -0.360 e. The van der Waals surface area contributed by atoms with Crippen LogP contribution in [-0.2, 0) is 20.0 Å². The number of sulfone groups is 1. The molecule has 2 aromatic rings. The zero-order valence-corrected chi connectivity index (χ0v) is 14.3. The van der Waals surface area contributed by atoms with Crippen LogP contribution in [0, 0.1) is 6.92 Å². The number of amides is 1. The molecule has 0 aliphatic heterocycles. The van der Waals surface area contributed by atoms with Gasteiger partial charge >= 0.3 is 0 Å². The first kappa shape index (κ1) is 16.6. The molecule has 2 rings (SSSR count). The van der Waals surface area contributed by atoms with Crippen molar-refractivity contribution >= 4 is 32.9 Å². The number of anilines is 1. The third-order valence-electron chi connectivity index (χ3n) is 2.71. The van der Waals surface area contributed by atoms with Crippen LogP contribution in [-0.4, -0.2) is 30.2 Å². The fourth-order valence-electron chi connectivity index (χ4n) is 1.59. The summed E-state index contributed by atoms with van der Waals surface area (Å²) in [6.45, 7) is 7.58. The van der Waals surface area contributed by atoms with Crippen LogP contribution in [0.2, 0.25) is 0 Å². The number of rotatable bonds is 4. The normalized spacial score (nSPS) is 12.4. The van der Waals surface area contributed by atoms with Crippen molar-refractivity contribution in [1.82, 2.24) is 10.1 Å². The van der Waals surface area contributed by atoms with Crippen molar-refractivity contribution in [2.24, 2.45) is 0 Å². The van der Waals surface area contributed by atoms with Gasteiger partial charge in [0.2, 0.25) is 20.1 Å². The van der Waals surface area contributed by atoms with E-state index in [2.05, 4.69) is 15.5 Å². The third-order valence-corrected chi connectivity index (χ3v) is 6.22. The predicted octanol–water partition coefficient (Wildman–Crippen LogP) is 2.15. The van der Waals surface area contributed by atoms with Gasteiger partial charge in [-0.25, -0.2) is 13.4 Å². The molecule has 0 aliphatic rings. The van der Waals surface area contributed by atoms with Gasteiger partial charge in [0.05, 0.1) is 0 Å². The van der Waals surface area contributed by atoms with E-state index in [0.717, 1.165) is 16.2 Å². The number of carbonyl (C=O) groups excluding carboxylic acids is 1.